The maximum absolute atomic E-state index is 12.1. The summed E-state index contributed by atoms with van der Waals surface area (Å²) in [5.74, 6) is 0.830. The molecule has 1 aliphatic rings. The normalized spacial score (nSPS) is 19.3. The second-order valence-electron chi connectivity index (χ2n) is 5.88. The van der Waals surface area contributed by atoms with Gasteiger partial charge in [0, 0.05) is 16.6 Å². The van der Waals surface area contributed by atoms with Crippen LogP contribution >= 0.6 is 11.6 Å². The van der Waals surface area contributed by atoms with E-state index in [9.17, 15) is 13.2 Å². The van der Waals surface area contributed by atoms with Gasteiger partial charge in [0.15, 0.2) is 9.84 Å². The van der Waals surface area contributed by atoms with Crippen LogP contribution in [0.15, 0.2) is 28.7 Å². The van der Waals surface area contributed by atoms with Crippen molar-refractivity contribution in [1.29, 1.82) is 0 Å². The molecule has 1 unspecified atom stereocenters. The molecule has 0 aliphatic carbocycles. The van der Waals surface area contributed by atoms with Gasteiger partial charge in [0.1, 0.15) is 5.76 Å². The molecule has 8 heteroatoms. The second kappa shape index (κ2) is 6.57. The topological polar surface area (TPSA) is 89.3 Å². The van der Waals surface area contributed by atoms with Crippen molar-refractivity contribution in [2.45, 2.75) is 25.8 Å². The Morgan fingerprint density at radius 1 is 1.46 bits per heavy atom. The summed E-state index contributed by atoms with van der Waals surface area (Å²) in [5.41, 5.74) is 1.27. The Kier molecular flexibility index (Phi) is 4.64. The Labute approximate surface area is 145 Å². The first-order valence-electron chi connectivity index (χ1n) is 7.54. The van der Waals surface area contributed by atoms with E-state index in [0.29, 0.717) is 28.8 Å². The lowest BCUT2D eigenvalue weighted by atomic mass is 10.2. The van der Waals surface area contributed by atoms with Crippen molar-refractivity contribution in [3.63, 3.8) is 0 Å². The van der Waals surface area contributed by atoms with Crippen molar-refractivity contribution < 1.29 is 17.6 Å². The number of carbonyl (C=O) groups excluding carboxylic acids is 1. The Morgan fingerprint density at radius 3 is 2.92 bits per heavy atom. The third-order valence-electron chi connectivity index (χ3n) is 3.89. The summed E-state index contributed by atoms with van der Waals surface area (Å²) in [6, 6.07) is 6.79. The Hall–Kier alpha value is -1.86. The number of aromatic nitrogens is 1. The molecule has 1 saturated heterocycles. The van der Waals surface area contributed by atoms with Gasteiger partial charge >= 0.3 is 0 Å². The highest BCUT2D eigenvalue weighted by Gasteiger charge is 2.29. The van der Waals surface area contributed by atoms with Crippen LogP contribution in [0.3, 0.4) is 0 Å². The standard InChI is InChI=1S/C16H17ClN2O4S/c1-10-14(8-15(20)18-13-5-6-24(21,22)9-13)19-16(23-10)11-3-2-4-12(17)7-11/h2-4,7,13H,5-6,8-9H2,1H3,(H,18,20). The monoisotopic (exact) mass is 368 g/mol. The summed E-state index contributed by atoms with van der Waals surface area (Å²) in [6.07, 6.45) is 0.506. The van der Waals surface area contributed by atoms with Crippen molar-refractivity contribution in [2.24, 2.45) is 0 Å². The highest BCUT2D eigenvalue weighted by molar-refractivity contribution is 7.91. The lowest BCUT2D eigenvalue weighted by molar-refractivity contribution is -0.121. The number of hydrogen-bond acceptors (Lipinski definition) is 5. The van der Waals surface area contributed by atoms with Crippen molar-refractivity contribution in [2.75, 3.05) is 11.5 Å². The number of oxazole rings is 1. The number of sulfone groups is 1. The van der Waals surface area contributed by atoms with Gasteiger partial charge in [0.2, 0.25) is 11.8 Å². The largest absolute Gasteiger partial charge is 0.441 e. The van der Waals surface area contributed by atoms with Crippen molar-refractivity contribution in [3.8, 4) is 11.5 Å². The van der Waals surface area contributed by atoms with Crippen LogP contribution < -0.4 is 5.32 Å². The molecule has 6 nitrogen and oxygen atoms in total. The molecule has 1 N–H and O–H groups in total. The number of nitrogens with one attached hydrogen (secondary N) is 1. The zero-order valence-corrected chi connectivity index (χ0v) is 14.7. The van der Waals surface area contributed by atoms with Crippen LogP contribution in [0.25, 0.3) is 11.5 Å². The van der Waals surface area contributed by atoms with Crippen molar-refractivity contribution in [1.82, 2.24) is 10.3 Å². The SMILES string of the molecule is Cc1oc(-c2cccc(Cl)c2)nc1CC(=O)NC1CCS(=O)(=O)C1. The zero-order valence-electron chi connectivity index (χ0n) is 13.1. The maximum Gasteiger partial charge on any atom is 0.226 e. The molecule has 0 spiro atoms. The predicted molar refractivity (Wildman–Crippen MR) is 90.6 cm³/mol. The first-order valence-corrected chi connectivity index (χ1v) is 9.74. The van der Waals surface area contributed by atoms with Crippen LogP contribution in [0.4, 0.5) is 0 Å². The van der Waals surface area contributed by atoms with Gasteiger partial charge in [-0.3, -0.25) is 4.79 Å². The van der Waals surface area contributed by atoms with Gasteiger partial charge in [-0.2, -0.15) is 0 Å². The number of hydrogen-bond donors (Lipinski definition) is 1. The van der Waals surface area contributed by atoms with E-state index in [1.807, 2.05) is 6.07 Å². The van der Waals surface area contributed by atoms with E-state index >= 15 is 0 Å². The molecule has 1 atom stereocenters. The van der Waals surface area contributed by atoms with Crippen LogP contribution in [-0.4, -0.2) is 36.9 Å². The molecule has 24 heavy (non-hydrogen) atoms. The van der Waals surface area contributed by atoms with Gasteiger partial charge in [-0.25, -0.2) is 13.4 Å². The van der Waals surface area contributed by atoms with Crippen LogP contribution in [0.1, 0.15) is 17.9 Å². The van der Waals surface area contributed by atoms with Crippen LogP contribution in [0.5, 0.6) is 0 Å². The molecule has 1 aromatic heterocycles. The molecule has 1 aliphatic heterocycles. The summed E-state index contributed by atoms with van der Waals surface area (Å²) >= 11 is 5.96. The number of rotatable bonds is 4. The lowest BCUT2D eigenvalue weighted by Gasteiger charge is -2.09. The Morgan fingerprint density at radius 2 is 2.25 bits per heavy atom. The quantitative estimate of drug-likeness (QED) is 0.893. The van der Waals surface area contributed by atoms with E-state index in [0.717, 1.165) is 5.56 Å². The average molecular weight is 369 g/mol. The summed E-state index contributed by atoms with van der Waals surface area (Å²) in [5, 5.41) is 3.32. The summed E-state index contributed by atoms with van der Waals surface area (Å²) < 4.78 is 28.5. The van der Waals surface area contributed by atoms with Crippen molar-refractivity contribution in [3.05, 3.63) is 40.7 Å². The predicted octanol–water partition coefficient (Wildman–Crippen LogP) is 2.15. The van der Waals surface area contributed by atoms with Gasteiger partial charge in [0.05, 0.1) is 23.6 Å². The molecule has 1 amide bonds. The van der Waals surface area contributed by atoms with Gasteiger partial charge in [-0.05, 0) is 31.5 Å². The van der Waals surface area contributed by atoms with Gasteiger partial charge < -0.3 is 9.73 Å². The molecule has 3 rings (SSSR count). The first kappa shape index (κ1) is 17.0. The summed E-state index contributed by atoms with van der Waals surface area (Å²) in [4.78, 5) is 16.5. The summed E-state index contributed by atoms with van der Waals surface area (Å²) in [7, 11) is -3.02. The number of benzene rings is 1. The zero-order chi connectivity index (χ0) is 17.3. The van der Waals surface area contributed by atoms with E-state index in [4.69, 9.17) is 16.0 Å². The first-order chi connectivity index (χ1) is 11.3. The minimum absolute atomic E-state index is 0.00427. The molecule has 2 aromatic rings. The van der Waals surface area contributed by atoms with E-state index in [2.05, 4.69) is 10.3 Å². The van der Waals surface area contributed by atoms with Crippen LogP contribution in [-0.2, 0) is 21.1 Å². The molecule has 1 aromatic carbocycles. The Balaban J connectivity index is 1.68. The van der Waals surface area contributed by atoms with E-state index in [-0.39, 0.29) is 29.9 Å². The minimum Gasteiger partial charge on any atom is -0.441 e. The third-order valence-corrected chi connectivity index (χ3v) is 5.89. The molecule has 2 heterocycles. The lowest BCUT2D eigenvalue weighted by Crippen LogP contribution is -2.36. The highest BCUT2D eigenvalue weighted by atomic mass is 35.5. The third kappa shape index (κ3) is 3.96. The fraction of sp³-hybridized carbons (Fsp3) is 0.375. The number of nitrogens with zero attached hydrogens (tertiary/aromatic N) is 1. The smallest absolute Gasteiger partial charge is 0.226 e. The molecule has 0 radical (unpaired) electrons. The van der Waals surface area contributed by atoms with E-state index in [1.165, 1.54) is 0 Å². The maximum atomic E-state index is 12.1. The molecule has 1 fully saturated rings. The highest BCUT2D eigenvalue weighted by Crippen LogP contribution is 2.24. The van der Waals surface area contributed by atoms with Crippen molar-refractivity contribution >= 4 is 27.3 Å². The number of amides is 1. The number of carbonyl (C=O) groups is 1. The molecule has 128 valence electrons. The van der Waals surface area contributed by atoms with Gasteiger partial charge in [-0.15, -0.1) is 0 Å². The Bertz CT molecular complexity index is 876. The van der Waals surface area contributed by atoms with Crippen LogP contribution in [0.2, 0.25) is 5.02 Å². The fourth-order valence-corrected chi connectivity index (χ4v) is 4.54. The van der Waals surface area contributed by atoms with E-state index < -0.39 is 9.84 Å². The fourth-order valence-electron chi connectivity index (χ4n) is 2.68. The molecular weight excluding hydrogens is 352 g/mol. The van der Waals surface area contributed by atoms with Gasteiger partial charge in [-0.1, -0.05) is 17.7 Å². The average Bonchev–Trinajstić information content (AvgIpc) is 3.02. The minimum atomic E-state index is -3.02. The summed E-state index contributed by atoms with van der Waals surface area (Å²) in [6.45, 7) is 1.74. The van der Waals surface area contributed by atoms with E-state index in [1.54, 1.807) is 25.1 Å². The van der Waals surface area contributed by atoms with Crippen LogP contribution in [0, 0.1) is 6.92 Å². The number of halogens is 1. The van der Waals surface area contributed by atoms with Gasteiger partial charge in [0.25, 0.3) is 0 Å². The molecule has 0 bridgehead atoms. The molecule has 0 saturated carbocycles. The molecular formula is C16H17ClN2O4S. The second-order valence-corrected chi connectivity index (χ2v) is 8.54. The number of aryl methyl sites for hydroxylation is 1.